The molecule has 30 heavy (non-hydrogen) atoms. The molecule has 0 aliphatic heterocycles. The lowest BCUT2D eigenvalue weighted by Gasteiger charge is -2.38. The average molecular weight is 445 g/mol. The highest BCUT2D eigenvalue weighted by molar-refractivity contribution is 6.75. The Labute approximate surface area is 186 Å². The summed E-state index contributed by atoms with van der Waals surface area (Å²) in [5.41, 5.74) is 1.06. The van der Waals surface area contributed by atoms with Crippen molar-refractivity contribution < 1.29 is 13.6 Å². The summed E-state index contributed by atoms with van der Waals surface area (Å²) in [5.74, 6) is 2.62. The molecule has 2 rings (SSSR count). The van der Waals surface area contributed by atoms with Gasteiger partial charge in [-0.1, -0.05) is 59.7 Å². The molecular formula is C25H40O3Si2. The molecule has 5 heteroatoms. The van der Waals surface area contributed by atoms with E-state index in [2.05, 4.69) is 85.9 Å². The summed E-state index contributed by atoms with van der Waals surface area (Å²) >= 11 is 0. The SMILES string of the molecule is CC(C)(C)[Si](C)(C)Oc1cc(COc2ccccc2)cc(O[Si](C)(C)C(C)(C)C)c1. The maximum Gasteiger partial charge on any atom is 0.250 e. The van der Waals surface area contributed by atoms with Gasteiger partial charge in [-0.2, -0.15) is 0 Å². The molecule has 0 aliphatic rings. The van der Waals surface area contributed by atoms with Crippen LogP contribution in [0.15, 0.2) is 48.5 Å². The van der Waals surface area contributed by atoms with Crippen LogP contribution in [0, 0.1) is 0 Å². The van der Waals surface area contributed by atoms with Gasteiger partial charge in [0.15, 0.2) is 0 Å². The molecule has 0 bridgehead atoms. The summed E-state index contributed by atoms with van der Waals surface area (Å²) < 4.78 is 19.2. The number of ether oxygens (including phenoxy) is 1. The second-order valence-corrected chi connectivity index (χ2v) is 20.6. The molecule has 0 aliphatic carbocycles. The van der Waals surface area contributed by atoms with E-state index in [1.165, 1.54) is 0 Å². The number of rotatable bonds is 7. The third kappa shape index (κ3) is 6.38. The summed E-state index contributed by atoms with van der Waals surface area (Å²) in [7, 11) is -3.92. The molecule has 0 atom stereocenters. The molecule has 0 saturated heterocycles. The number of hydrogen-bond acceptors (Lipinski definition) is 3. The van der Waals surface area contributed by atoms with Crippen LogP contribution in [0.5, 0.6) is 17.2 Å². The Bertz CT molecular complexity index is 785. The van der Waals surface area contributed by atoms with Crippen LogP contribution in [0.4, 0.5) is 0 Å². The second kappa shape index (κ2) is 8.79. The van der Waals surface area contributed by atoms with E-state index >= 15 is 0 Å². The van der Waals surface area contributed by atoms with Gasteiger partial charge >= 0.3 is 0 Å². The van der Waals surface area contributed by atoms with E-state index in [1.54, 1.807) is 0 Å². The zero-order valence-electron chi connectivity index (χ0n) is 20.6. The van der Waals surface area contributed by atoms with Crippen LogP contribution < -0.4 is 13.6 Å². The van der Waals surface area contributed by atoms with Gasteiger partial charge in [-0.3, -0.25) is 0 Å². The molecule has 0 saturated carbocycles. The molecule has 0 heterocycles. The lowest BCUT2D eigenvalue weighted by atomic mass is 10.2. The third-order valence-electron chi connectivity index (χ3n) is 6.45. The lowest BCUT2D eigenvalue weighted by molar-refractivity contribution is 0.305. The van der Waals surface area contributed by atoms with Crippen LogP contribution in [-0.4, -0.2) is 16.6 Å². The van der Waals surface area contributed by atoms with Crippen molar-refractivity contribution >= 4 is 16.6 Å². The highest BCUT2D eigenvalue weighted by Crippen LogP contribution is 2.41. The molecule has 0 spiro atoms. The standard InChI is InChI=1S/C25H40O3Si2/c1-24(2,3)29(7,8)27-22-16-20(19-26-21-14-12-11-13-15-21)17-23(18-22)28-30(9,10)25(4,5)6/h11-18H,19H2,1-10H3. The van der Waals surface area contributed by atoms with Gasteiger partial charge in [0, 0.05) is 6.07 Å². The topological polar surface area (TPSA) is 27.7 Å². The Morgan fingerprint density at radius 1 is 0.633 bits per heavy atom. The third-order valence-corrected chi connectivity index (χ3v) is 15.2. The number of para-hydroxylation sites is 1. The van der Waals surface area contributed by atoms with Crippen LogP contribution in [0.1, 0.15) is 47.1 Å². The van der Waals surface area contributed by atoms with Gasteiger partial charge in [-0.05, 0) is 66.1 Å². The fraction of sp³-hybridized carbons (Fsp3) is 0.520. The fourth-order valence-electron chi connectivity index (χ4n) is 2.41. The molecule has 0 unspecified atom stereocenters. The largest absolute Gasteiger partial charge is 0.543 e. The van der Waals surface area contributed by atoms with Crippen molar-refractivity contribution in [2.24, 2.45) is 0 Å². The zero-order chi connectivity index (χ0) is 22.8. The molecule has 166 valence electrons. The highest BCUT2D eigenvalue weighted by atomic mass is 28.4. The van der Waals surface area contributed by atoms with Crippen LogP contribution in [0.3, 0.4) is 0 Å². The maximum atomic E-state index is 6.62. The molecule has 0 N–H and O–H groups in total. The summed E-state index contributed by atoms with van der Waals surface area (Å²) in [6, 6.07) is 16.2. The Kier molecular flexibility index (Phi) is 7.19. The van der Waals surface area contributed by atoms with Gasteiger partial charge in [-0.15, -0.1) is 0 Å². The van der Waals surface area contributed by atoms with Crippen LogP contribution in [0.25, 0.3) is 0 Å². The summed E-state index contributed by atoms with van der Waals surface area (Å²) in [4.78, 5) is 0. The van der Waals surface area contributed by atoms with E-state index in [1.807, 2.05) is 30.3 Å². The van der Waals surface area contributed by atoms with Gasteiger partial charge in [0.2, 0.25) is 16.6 Å². The summed E-state index contributed by atoms with van der Waals surface area (Å²) in [6.07, 6.45) is 0. The van der Waals surface area contributed by atoms with Crippen molar-refractivity contribution in [1.82, 2.24) is 0 Å². The van der Waals surface area contributed by atoms with Gasteiger partial charge in [0.1, 0.15) is 23.9 Å². The Balaban J connectivity index is 2.35. The van der Waals surface area contributed by atoms with Gasteiger partial charge in [-0.25, -0.2) is 0 Å². The number of benzene rings is 2. The van der Waals surface area contributed by atoms with Gasteiger partial charge in [0.05, 0.1) is 0 Å². The predicted octanol–water partition coefficient (Wildman–Crippen LogP) is 8.03. The monoisotopic (exact) mass is 444 g/mol. The molecular weight excluding hydrogens is 404 g/mol. The molecule has 2 aromatic rings. The molecule has 0 radical (unpaired) electrons. The smallest absolute Gasteiger partial charge is 0.250 e. The molecule has 0 aromatic heterocycles. The Morgan fingerprint density at radius 3 is 1.47 bits per heavy atom. The minimum Gasteiger partial charge on any atom is -0.543 e. The van der Waals surface area contributed by atoms with Crippen LogP contribution in [-0.2, 0) is 6.61 Å². The lowest BCUT2D eigenvalue weighted by Crippen LogP contribution is -2.44. The fourth-order valence-corrected chi connectivity index (χ4v) is 4.44. The van der Waals surface area contributed by atoms with E-state index in [-0.39, 0.29) is 10.1 Å². The van der Waals surface area contributed by atoms with Gasteiger partial charge in [0.25, 0.3) is 0 Å². The molecule has 2 aromatic carbocycles. The van der Waals surface area contributed by atoms with Gasteiger partial charge < -0.3 is 13.6 Å². The molecule has 3 nitrogen and oxygen atoms in total. The van der Waals surface area contributed by atoms with Crippen molar-refractivity contribution in [2.75, 3.05) is 0 Å². The highest BCUT2D eigenvalue weighted by Gasteiger charge is 2.40. The van der Waals surface area contributed by atoms with E-state index in [9.17, 15) is 0 Å². The van der Waals surface area contributed by atoms with Crippen molar-refractivity contribution in [1.29, 1.82) is 0 Å². The van der Waals surface area contributed by atoms with Crippen LogP contribution in [0.2, 0.25) is 36.3 Å². The van der Waals surface area contributed by atoms with Crippen molar-refractivity contribution in [3.8, 4) is 17.2 Å². The van der Waals surface area contributed by atoms with E-state index in [0.29, 0.717) is 6.61 Å². The Hall–Kier alpha value is -1.73. The Morgan fingerprint density at radius 2 is 1.07 bits per heavy atom. The summed E-state index contributed by atoms with van der Waals surface area (Å²) in [6.45, 7) is 23.1. The van der Waals surface area contributed by atoms with Crippen molar-refractivity contribution in [3.63, 3.8) is 0 Å². The zero-order valence-corrected chi connectivity index (χ0v) is 22.6. The quantitative estimate of drug-likeness (QED) is 0.404. The normalized spacial score (nSPS) is 13.1. The second-order valence-electron chi connectivity index (χ2n) is 11.1. The first-order valence-corrected chi connectivity index (χ1v) is 16.6. The molecule has 0 amide bonds. The minimum atomic E-state index is -1.96. The van der Waals surface area contributed by atoms with E-state index in [0.717, 1.165) is 22.8 Å². The first kappa shape index (κ1) is 24.5. The number of hydrogen-bond donors (Lipinski definition) is 0. The average Bonchev–Trinajstić information content (AvgIpc) is 2.58. The molecule has 0 fully saturated rings. The van der Waals surface area contributed by atoms with Crippen LogP contribution >= 0.6 is 0 Å². The first-order chi connectivity index (χ1) is 13.6. The summed E-state index contributed by atoms with van der Waals surface area (Å²) in [5, 5.41) is 0.258. The van der Waals surface area contributed by atoms with E-state index in [4.69, 9.17) is 13.6 Å². The van der Waals surface area contributed by atoms with Crippen molar-refractivity contribution in [2.45, 2.75) is 84.4 Å². The van der Waals surface area contributed by atoms with Crippen molar-refractivity contribution in [3.05, 3.63) is 54.1 Å². The minimum absolute atomic E-state index is 0.129. The maximum absolute atomic E-state index is 6.62. The first-order valence-electron chi connectivity index (χ1n) is 10.8. The predicted molar refractivity (Wildman–Crippen MR) is 133 cm³/mol. The van der Waals surface area contributed by atoms with E-state index < -0.39 is 16.6 Å².